The van der Waals surface area contributed by atoms with Gasteiger partial charge >= 0.3 is 0 Å². The molecule has 28 heavy (non-hydrogen) atoms. The van der Waals surface area contributed by atoms with E-state index in [9.17, 15) is 9.59 Å². The quantitative estimate of drug-likeness (QED) is 0.732. The fraction of sp³-hybridized carbons (Fsp3) is 0.350. The van der Waals surface area contributed by atoms with Crippen molar-refractivity contribution in [1.82, 2.24) is 9.88 Å². The summed E-state index contributed by atoms with van der Waals surface area (Å²) in [6, 6.07) is 6.45. The first-order valence-electron chi connectivity index (χ1n) is 9.27. The Morgan fingerprint density at radius 3 is 2.54 bits per heavy atom. The van der Waals surface area contributed by atoms with Crippen LogP contribution in [0.5, 0.6) is 0 Å². The zero-order valence-electron chi connectivity index (χ0n) is 15.8. The highest BCUT2D eigenvalue weighted by atomic mass is 35.5. The van der Waals surface area contributed by atoms with Crippen LogP contribution in [0, 0.1) is 0 Å². The van der Waals surface area contributed by atoms with E-state index in [2.05, 4.69) is 29.0 Å². The van der Waals surface area contributed by atoms with Crippen LogP contribution in [0.1, 0.15) is 37.0 Å². The van der Waals surface area contributed by atoms with Crippen molar-refractivity contribution in [3.8, 4) is 0 Å². The van der Waals surface area contributed by atoms with Crippen molar-refractivity contribution in [3.63, 3.8) is 0 Å². The molecule has 2 amide bonds. The molecule has 0 fully saturated rings. The molecule has 0 bridgehead atoms. The molecule has 1 aliphatic rings. The number of benzene rings is 1. The maximum atomic E-state index is 13.4. The van der Waals surface area contributed by atoms with Gasteiger partial charge in [-0.05, 0) is 50.2 Å². The molecule has 0 atom stereocenters. The number of halogens is 2. The van der Waals surface area contributed by atoms with Gasteiger partial charge in [0.05, 0.1) is 33.5 Å². The van der Waals surface area contributed by atoms with Gasteiger partial charge in [-0.25, -0.2) is 4.98 Å². The largest absolute Gasteiger partial charge is 0.320 e. The maximum Gasteiger partial charge on any atom is 0.259 e. The summed E-state index contributed by atoms with van der Waals surface area (Å²) in [5, 5.41) is 3.40. The number of nitrogens with zero attached hydrogens (tertiary/aromatic N) is 3. The number of aromatic nitrogens is 1. The van der Waals surface area contributed by atoms with Crippen LogP contribution in [0.3, 0.4) is 0 Å². The molecule has 3 rings (SSSR count). The Hall–Kier alpha value is -2.15. The second-order valence-electron chi connectivity index (χ2n) is 6.62. The van der Waals surface area contributed by atoms with Gasteiger partial charge in [0.15, 0.2) is 5.82 Å². The van der Waals surface area contributed by atoms with E-state index in [4.69, 9.17) is 23.2 Å². The highest BCUT2D eigenvalue weighted by Crippen LogP contribution is 2.41. The van der Waals surface area contributed by atoms with Gasteiger partial charge in [-0.1, -0.05) is 37.0 Å². The number of hydrogen-bond donors (Lipinski definition) is 1. The van der Waals surface area contributed by atoms with Crippen molar-refractivity contribution in [2.24, 2.45) is 0 Å². The van der Waals surface area contributed by atoms with Gasteiger partial charge in [0.25, 0.3) is 5.91 Å². The highest BCUT2D eigenvalue weighted by Gasteiger charge is 2.31. The smallest absolute Gasteiger partial charge is 0.259 e. The average Bonchev–Trinajstić information content (AvgIpc) is 2.77. The summed E-state index contributed by atoms with van der Waals surface area (Å²) < 4.78 is 0. The monoisotopic (exact) mass is 420 g/mol. The summed E-state index contributed by atoms with van der Waals surface area (Å²) in [5.74, 6) is -0.245. The number of carbonyl (C=O) groups excluding carboxylic acids is 2. The second kappa shape index (κ2) is 8.90. The number of hydrogen-bond acceptors (Lipinski definition) is 4. The fourth-order valence-corrected chi connectivity index (χ4v) is 3.62. The zero-order valence-corrected chi connectivity index (χ0v) is 17.3. The van der Waals surface area contributed by atoms with Crippen molar-refractivity contribution >= 4 is 52.2 Å². The minimum absolute atomic E-state index is 0.182. The molecule has 8 heteroatoms. The van der Waals surface area contributed by atoms with E-state index >= 15 is 0 Å². The molecule has 0 radical (unpaired) electrons. The van der Waals surface area contributed by atoms with Crippen molar-refractivity contribution in [3.05, 3.63) is 46.1 Å². The molecule has 0 saturated carbocycles. The van der Waals surface area contributed by atoms with Gasteiger partial charge in [0, 0.05) is 6.20 Å². The van der Waals surface area contributed by atoms with Crippen LogP contribution in [-0.4, -0.2) is 41.3 Å². The molecule has 2 heterocycles. The first-order valence-corrected chi connectivity index (χ1v) is 10.0. The maximum absolute atomic E-state index is 13.4. The normalized spacial score (nSPS) is 13.0. The van der Waals surface area contributed by atoms with Crippen LogP contribution in [0.2, 0.25) is 10.0 Å². The summed E-state index contributed by atoms with van der Waals surface area (Å²) >= 11 is 12.4. The molecule has 0 saturated heterocycles. The minimum atomic E-state index is -0.350. The van der Waals surface area contributed by atoms with Gasteiger partial charge < -0.3 is 5.32 Å². The topological polar surface area (TPSA) is 65.5 Å². The molecule has 0 spiro atoms. The van der Waals surface area contributed by atoms with Gasteiger partial charge in [-0.2, -0.15) is 0 Å². The number of pyridine rings is 1. The van der Waals surface area contributed by atoms with Crippen LogP contribution in [-0.2, 0) is 4.79 Å². The molecule has 2 aromatic rings. The second-order valence-corrected chi connectivity index (χ2v) is 7.43. The third-order valence-electron chi connectivity index (χ3n) is 4.46. The Morgan fingerprint density at radius 2 is 1.86 bits per heavy atom. The lowest BCUT2D eigenvalue weighted by Gasteiger charge is -2.27. The molecular weight excluding hydrogens is 399 g/mol. The Balaban J connectivity index is 2.10. The van der Waals surface area contributed by atoms with Crippen LogP contribution >= 0.6 is 23.2 Å². The predicted molar refractivity (Wildman–Crippen MR) is 113 cm³/mol. The fourth-order valence-electron chi connectivity index (χ4n) is 3.29. The molecule has 1 N–H and O–H groups in total. The van der Waals surface area contributed by atoms with E-state index in [1.165, 1.54) is 4.90 Å². The lowest BCUT2D eigenvalue weighted by Crippen LogP contribution is -2.39. The van der Waals surface area contributed by atoms with Crippen LogP contribution < -0.4 is 10.2 Å². The number of rotatable bonds is 6. The van der Waals surface area contributed by atoms with Gasteiger partial charge in [0.2, 0.25) is 5.91 Å². The van der Waals surface area contributed by atoms with Crippen molar-refractivity contribution in [2.45, 2.75) is 26.7 Å². The Kier molecular flexibility index (Phi) is 6.54. The highest BCUT2D eigenvalue weighted by molar-refractivity contribution is 6.42. The van der Waals surface area contributed by atoms with E-state index in [-0.39, 0.29) is 24.2 Å². The molecule has 6 nitrogen and oxygen atoms in total. The first-order chi connectivity index (χ1) is 13.5. The number of fused-ring (bicyclic) bond motifs is 2. The summed E-state index contributed by atoms with van der Waals surface area (Å²) in [4.78, 5) is 33.9. The lowest BCUT2D eigenvalue weighted by atomic mass is 10.2. The summed E-state index contributed by atoms with van der Waals surface area (Å²) in [6.45, 7) is 6.00. The number of carbonyl (C=O) groups is 2. The SMILES string of the molecule is CCCN(CCC)CC(=O)N1c2cc(Cl)c(Cl)cc2NC(=O)c2cccnc21. The Labute approximate surface area is 174 Å². The minimum Gasteiger partial charge on any atom is -0.320 e. The molecule has 0 aliphatic carbocycles. The van der Waals surface area contributed by atoms with Crippen LogP contribution in [0.15, 0.2) is 30.5 Å². The van der Waals surface area contributed by atoms with Gasteiger partial charge in [-0.3, -0.25) is 19.4 Å². The lowest BCUT2D eigenvalue weighted by molar-refractivity contribution is -0.119. The molecular formula is C20H22Cl2N4O2. The summed E-state index contributed by atoms with van der Waals surface area (Å²) in [7, 11) is 0. The molecule has 1 aromatic heterocycles. The van der Waals surface area contributed by atoms with E-state index in [1.54, 1.807) is 30.5 Å². The van der Waals surface area contributed by atoms with Crippen molar-refractivity contribution in [2.75, 3.05) is 29.9 Å². The van der Waals surface area contributed by atoms with Crippen LogP contribution in [0.25, 0.3) is 0 Å². The standard InChI is InChI=1S/C20H22Cl2N4O2/c1-3-8-25(9-4-2)12-18(27)26-17-11-15(22)14(21)10-16(17)24-20(28)13-6-5-7-23-19(13)26/h5-7,10-11H,3-4,8-9,12H2,1-2H3,(H,24,28). The number of anilines is 3. The Morgan fingerprint density at radius 1 is 1.18 bits per heavy atom. The van der Waals surface area contributed by atoms with Crippen molar-refractivity contribution < 1.29 is 9.59 Å². The third-order valence-corrected chi connectivity index (χ3v) is 5.18. The molecule has 1 aromatic carbocycles. The summed E-state index contributed by atoms with van der Waals surface area (Å²) in [5.41, 5.74) is 1.19. The van der Waals surface area contributed by atoms with Gasteiger partial charge in [0.1, 0.15) is 0 Å². The number of amides is 2. The first kappa shape index (κ1) is 20.6. The van der Waals surface area contributed by atoms with E-state index < -0.39 is 0 Å². The summed E-state index contributed by atoms with van der Waals surface area (Å²) in [6.07, 6.45) is 3.45. The van der Waals surface area contributed by atoms with E-state index in [0.717, 1.165) is 25.9 Å². The zero-order chi connectivity index (χ0) is 20.3. The third kappa shape index (κ3) is 4.14. The van der Waals surface area contributed by atoms with E-state index in [0.29, 0.717) is 27.0 Å². The van der Waals surface area contributed by atoms with Gasteiger partial charge in [-0.15, -0.1) is 0 Å². The number of nitrogens with one attached hydrogen (secondary N) is 1. The average molecular weight is 421 g/mol. The Bertz CT molecular complexity index is 898. The molecule has 1 aliphatic heterocycles. The van der Waals surface area contributed by atoms with E-state index in [1.807, 2.05) is 0 Å². The molecule has 148 valence electrons. The van der Waals surface area contributed by atoms with Crippen molar-refractivity contribution in [1.29, 1.82) is 0 Å². The molecule has 0 unspecified atom stereocenters. The predicted octanol–water partition coefficient (Wildman–Crippen LogP) is 4.74. The van der Waals surface area contributed by atoms with Crippen LogP contribution in [0.4, 0.5) is 17.2 Å².